The minimum atomic E-state index is -1.19. The van der Waals surface area contributed by atoms with Crippen LogP contribution in [0, 0.1) is 0 Å². The van der Waals surface area contributed by atoms with E-state index in [2.05, 4.69) is 10.2 Å². The van der Waals surface area contributed by atoms with Gasteiger partial charge in [-0.05, 0) is 11.6 Å². The van der Waals surface area contributed by atoms with Crippen LogP contribution in [0.15, 0.2) is 33.6 Å². The van der Waals surface area contributed by atoms with Crippen molar-refractivity contribution in [2.75, 3.05) is 5.75 Å². The van der Waals surface area contributed by atoms with Crippen molar-refractivity contribution in [3.63, 3.8) is 0 Å². The lowest BCUT2D eigenvalue weighted by Crippen LogP contribution is -1.99. The summed E-state index contributed by atoms with van der Waals surface area (Å²) < 4.78 is 5.15. The fourth-order valence-electron chi connectivity index (χ4n) is 1.83. The molecule has 0 fully saturated rings. The lowest BCUT2D eigenvalue weighted by molar-refractivity contribution is 0.0651. The Morgan fingerprint density at radius 3 is 3.00 bits per heavy atom. The van der Waals surface area contributed by atoms with Crippen molar-refractivity contribution >= 4 is 17.7 Å². The maximum atomic E-state index is 10.7. The van der Waals surface area contributed by atoms with E-state index in [0.717, 1.165) is 11.3 Å². The van der Waals surface area contributed by atoms with Gasteiger partial charge in [-0.15, -0.1) is 22.0 Å². The molecule has 0 radical (unpaired) electrons. The van der Waals surface area contributed by atoms with Crippen LogP contribution in [0.5, 0.6) is 0 Å². The van der Waals surface area contributed by atoms with Crippen LogP contribution in [0.3, 0.4) is 0 Å². The number of aromatic nitrogens is 2. The molecule has 2 aromatic rings. The predicted octanol–water partition coefficient (Wildman–Crippen LogP) is 2.01. The zero-order valence-electron chi connectivity index (χ0n) is 8.66. The third-order valence-corrected chi connectivity index (χ3v) is 3.80. The number of benzene rings is 1. The van der Waals surface area contributed by atoms with Crippen molar-refractivity contribution in [2.24, 2.45) is 0 Å². The highest BCUT2D eigenvalue weighted by atomic mass is 32.2. The number of thioether (sulfide) groups is 1. The maximum absolute atomic E-state index is 10.7. The maximum Gasteiger partial charge on any atom is 0.393 e. The van der Waals surface area contributed by atoms with Gasteiger partial charge in [-0.25, -0.2) is 4.79 Å². The average molecular weight is 248 g/mol. The molecule has 1 aliphatic rings. The molecule has 1 aromatic carbocycles. The standard InChI is InChI=1S/C11H8N2O3S/c14-11(15)10-13-12-9(16-10)7-5-17-8-4-2-1-3-6(7)8/h1-4,7H,5H2,(H,14,15). The minimum absolute atomic E-state index is 0.00296. The van der Waals surface area contributed by atoms with E-state index < -0.39 is 5.97 Å². The van der Waals surface area contributed by atoms with Crippen molar-refractivity contribution in [1.82, 2.24) is 10.2 Å². The number of hydrogen-bond acceptors (Lipinski definition) is 5. The molecule has 1 N–H and O–H groups in total. The van der Waals surface area contributed by atoms with Crippen LogP contribution in [0.2, 0.25) is 0 Å². The van der Waals surface area contributed by atoms with Gasteiger partial charge in [0.25, 0.3) is 0 Å². The van der Waals surface area contributed by atoms with Gasteiger partial charge in [0.05, 0.1) is 5.92 Å². The molecule has 0 aliphatic carbocycles. The molecule has 6 heteroatoms. The Labute approximate surface area is 101 Å². The second-order valence-corrected chi connectivity index (χ2v) is 4.71. The number of carbonyl (C=O) groups is 1. The lowest BCUT2D eigenvalue weighted by Gasteiger charge is -2.03. The first-order valence-electron chi connectivity index (χ1n) is 5.04. The van der Waals surface area contributed by atoms with Gasteiger partial charge in [-0.1, -0.05) is 18.2 Å². The molecule has 0 saturated carbocycles. The van der Waals surface area contributed by atoms with Crippen molar-refractivity contribution < 1.29 is 14.3 Å². The number of rotatable bonds is 2. The molecule has 86 valence electrons. The van der Waals surface area contributed by atoms with E-state index in [1.54, 1.807) is 11.8 Å². The van der Waals surface area contributed by atoms with Crippen LogP contribution in [-0.4, -0.2) is 27.0 Å². The first-order chi connectivity index (χ1) is 8.25. The SMILES string of the molecule is O=C(O)c1nnc(C2CSc3ccccc32)o1. The average Bonchev–Trinajstić information content (AvgIpc) is 2.95. The Hall–Kier alpha value is -1.82. The third-order valence-electron chi connectivity index (χ3n) is 2.62. The number of carboxylic acids is 1. The summed E-state index contributed by atoms with van der Waals surface area (Å²) in [7, 11) is 0. The van der Waals surface area contributed by atoms with E-state index in [9.17, 15) is 4.79 Å². The Bertz CT molecular complexity index is 582. The van der Waals surface area contributed by atoms with Gasteiger partial charge < -0.3 is 9.52 Å². The Balaban J connectivity index is 1.98. The van der Waals surface area contributed by atoms with Gasteiger partial charge in [-0.2, -0.15) is 0 Å². The number of carboxylic acid groups (broad SMARTS) is 1. The minimum Gasteiger partial charge on any atom is -0.474 e. The summed E-state index contributed by atoms with van der Waals surface area (Å²) >= 11 is 1.71. The van der Waals surface area contributed by atoms with E-state index >= 15 is 0 Å². The van der Waals surface area contributed by atoms with Crippen molar-refractivity contribution in [3.8, 4) is 0 Å². The molecule has 3 rings (SSSR count). The number of hydrogen-bond donors (Lipinski definition) is 1. The normalized spacial score (nSPS) is 18.0. The molecule has 1 aromatic heterocycles. The topological polar surface area (TPSA) is 76.2 Å². The molecule has 1 aliphatic heterocycles. The molecule has 1 atom stereocenters. The number of fused-ring (bicyclic) bond motifs is 1. The Morgan fingerprint density at radius 2 is 2.24 bits per heavy atom. The van der Waals surface area contributed by atoms with Crippen LogP contribution in [-0.2, 0) is 0 Å². The quantitative estimate of drug-likeness (QED) is 0.876. The molecule has 17 heavy (non-hydrogen) atoms. The van der Waals surface area contributed by atoms with Crippen LogP contribution in [0.25, 0.3) is 0 Å². The summed E-state index contributed by atoms with van der Waals surface area (Å²) in [6.07, 6.45) is 0. The highest BCUT2D eigenvalue weighted by Gasteiger charge is 2.29. The monoisotopic (exact) mass is 248 g/mol. The van der Waals surface area contributed by atoms with Crippen molar-refractivity contribution in [1.29, 1.82) is 0 Å². The molecule has 0 spiro atoms. The second-order valence-electron chi connectivity index (χ2n) is 3.65. The Morgan fingerprint density at radius 1 is 1.41 bits per heavy atom. The van der Waals surface area contributed by atoms with Gasteiger partial charge in [0, 0.05) is 10.6 Å². The first kappa shape index (κ1) is 10.3. The summed E-state index contributed by atoms with van der Waals surface area (Å²) in [4.78, 5) is 11.9. The van der Waals surface area contributed by atoms with Crippen LogP contribution >= 0.6 is 11.8 Å². The van der Waals surface area contributed by atoms with Gasteiger partial charge in [0.1, 0.15) is 0 Å². The molecule has 2 heterocycles. The van der Waals surface area contributed by atoms with Crippen LogP contribution in [0.1, 0.15) is 28.1 Å². The highest BCUT2D eigenvalue weighted by Crippen LogP contribution is 2.42. The summed E-state index contributed by atoms with van der Waals surface area (Å²) in [6.45, 7) is 0. The van der Waals surface area contributed by atoms with E-state index in [0.29, 0.717) is 5.89 Å². The molecule has 0 saturated heterocycles. The molecule has 0 amide bonds. The van der Waals surface area contributed by atoms with Crippen LogP contribution < -0.4 is 0 Å². The largest absolute Gasteiger partial charge is 0.474 e. The number of aromatic carboxylic acids is 1. The summed E-state index contributed by atoms with van der Waals surface area (Å²) in [5.41, 5.74) is 1.12. The van der Waals surface area contributed by atoms with Gasteiger partial charge in [0.2, 0.25) is 5.89 Å². The van der Waals surface area contributed by atoms with Crippen molar-refractivity contribution in [2.45, 2.75) is 10.8 Å². The number of nitrogens with zero attached hydrogens (tertiary/aromatic N) is 2. The van der Waals surface area contributed by atoms with Gasteiger partial charge in [-0.3, -0.25) is 0 Å². The second kappa shape index (κ2) is 3.89. The fraction of sp³-hybridized carbons (Fsp3) is 0.182. The van der Waals surface area contributed by atoms with Gasteiger partial charge in [0.15, 0.2) is 0 Å². The van der Waals surface area contributed by atoms with E-state index in [-0.39, 0.29) is 11.8 Å². The lowest BCUT2D eigenvalue weighted by atomic mass is 10.0. The van der Waals surface area contributed by atoms with E-state index in [1.807, 2.05) is 24.3 Å². The summed E-state index contributed by atoms with van der Waals surface area (Å²) in [5, 5.41) is 16.0. The third kappa shape index (κ3) is 1.70. The van der Waals surface area contributed by atoms with Crippen molar-refractivity contribution in [3.05, 3.63) is 41.6 Å². The molecule has 5 nitrogen and oxygen atoms in total. The smallest absolute Gasteiger partial charge is 0.393 e. The van der Waals surface area contributed by atoms with E-state index in [1.165, 1.54) is 4.90 Å². The molecule has 0 bridgehead atoms. The highest BCUT2D eigenvalue weighted by molar-refractivity contribution is 7.99. The summed E-state index contributed by atoms with van der Waals surface area (Å²) in [5.74, 6) is -0.366. The molecule has 1 unspecified atom stereocenters. The predicted molar refractivity (Wildman–Crippen MR) is 60.3 cm³/mol. The molecular weight excluding hydrogens is 240 g/mol. The zero-order chi connectivity index (χ0) is 11.8. The molecular formula is C11H8N2O3S. The zero-order valence-corrected chi connectivity index (χ0v) is 9.48. The van der Waals surface area contributed by atoms with Gasteiger partial charge >= 0.3 is 11.9 Å². The van der Waals surface area contributed by atoms with E-state index in [4.69, 9.17) is 9.52 Å². The summed E-state index contributed by atoms with van der Waals surface area (Å²) in [6, 6.07) is 7.97. The Kier molecular flexibility index (Phi) is 2.36. The first-order valence-corrected chi connectivity index (χ1v) is 6.02. The fourth-order valence-corrected chi connectivity index (χ4v) is 3.05. The van der Waals surface area contributed by atoms with Crippen LogP contribution in [0.4, 0.5) is 0 Å².